The third kappa shape index (κ3) is 4.08. The van der Waals surface area contributed by atoms with E-state index in [-0.39, 0.29) is 18.7 Å². The Labute approximate surface area is 160 Å². The number of hydrogen-bond acceptors (Lipinski definition) is 4. The van der Waals surface area contributed by atoms with Gasteiger partial charge in [-0.05, 0) is 43.0 Å². The monoisotopic (exact) mass is 369 g/mol. The SMILES string of the molecule is COc1ccc([C@H](C)N2CC[C@](CCCO)(c3ccccc3)OC2=O)cc1. The van der Waals surface area contributed by atoms with Gasteiger partial charge < -0.3 is 19.5 Å². The lowest BCUT2D eigenvalue weighted by Gasteiger charge is -2.43. The van der Waals surface area contributed by atoms with Crippen LogP contribution in [-0.2, 0) is 10.3 Å². The second-order valence-corrected chi connectivity index (χ2v) is 6.95. The Morgan fingerprint density at radius 3 is 2.48 bits per heavy atom. The number of amides is 1. The van der Waals surface area contributed by atoms with Gasteiger partial charge in [0.05, 0.1) is 13.2 Å². The van der Waals surface area contributed by atoms with E-state index < -0.39 is 5.60 Å². The van der Waals surface area contributed by atoms with E-state index >= 15 is 0 Å². The van der Waals surface area contributed by atoms with E-state index in [1.807, 2.05) is 61.5 Å². The van der Waals surface area contributed by atoms with Crippen LogP contribution >= 0.6 is 0 Å². The van der Waals surface area contributed by atoms with Crippen molar-refractivity contribution in [2.75, 3.05) is 20.3 Å². The van der Waals surface area contributed by atoms with Crippen molar-refractivity contribution in [3.63, 3.8) is 0 Å². The summed E-state index contributed by atoms with van der Waals surface area (Å²) in [6, 6.07) is 17.5. The Morgan fingerprint density at radius 1 is 1.19 bits per heavy atom. The summed E-state index contributed by atoms with van der Waals surface area (Å²) in [7, 11) is 1.63. The lowest BCUT2D eigenvalue weighted by Crippen LogP contribution is -2.48. The number of ether oxygens (including phenoxy) is 2. The average Bonchev–Trinajstić information content (AvgIpc) is 2.72. The summed E-state index contributed by atoms with van der Waals surface area (Å²) in [5.41, 5.74) is 1.36. The van der Waals surface area contributed by atoms with Crippen LogP contribution in [0, 0.1) is 0 Å². The van der Waals surface area contributed by atoms with Crippen LogP contribution in [0.3, 0.4) is 0 Å². The van der Waals surface area contributed by atoms with E-state index in [1.54, 1.807) is 12.0 Å². The predicted molar refractivity (Wildman–Crippen MR) is 104 cm³/mol. The quantitative estimate of drug-likeness (QED) is 0.792. The number of aliphatic hydroxyl groups is 1. The Morgan fingerprint density at radius 2 is 1.89 bits per heavy atom. The minimum Gasteiger partial charge on any atom is -0.497 e. The van der Waals surface area contributed by atoms with E-state index in [9.17, 15) is 9.90 Å². The topological polar surface area (TPSA) is 59.0 Å². The highest BCUT2D eigenvalue weighted by Gasteiger charge is 2.43. The van der Waals surface area contributed by atoms with Crippen LogP contribution in [0.25, 0.3) is 0 Å². The molecule has 0 radical (unpaired) electrons. The normalized spacial score (nSPS) is 20.9. The largest absolute Gasteiger partial charge is 0.497 e. The molecule has 2 aromatic carbocycles. The van der Waals surface area contributed by atoms with Gasteiger partial charge in [-0.1, -0.05) is 42.5 Å². The zero-order valence-corrected chi connectivity index (χ0v) is 15.9. The molecule has 5 heteroatoms. The molecule has 144 valence electrons. The first kappa shape index (κ1) is 19.2. The molecule has 5 nitrogen and oxygen atoms in total. The van der Waals surface area contributed by atoms with Crippen LogP contribution in [0.4, 0.5) is 4.79 Å². The summed E-state index contributed by atoms with van der Waals surface area (Å²) in [4.78, 5) is 14.7. The van der Waals surface area contributed by atoms with Crippen molar-refractivity contribution in [1.82, 2.24) is 4.90 Å². The fourth-order valence-electron chi connectivity index (χ4n) is 3.71. The molecular formula is C22H27NO4. The molecule has 1 saturated heterocycles. The Kier molecular flexibility index (Phi) is 6.01. The van der Waals surface area contributed by atoms with Crippen molar-refractivity contribution < 1.29 is 19.4 Å². The Balaban J connectivity index is 1.78. The van der Waals surface area contributed by atoms with Gasteiger partial charge in [-0.25, -0.2) is 4.79 Å². The second kappa shape index (κ2) is 8.44. The summed E-state index contributed by atoms with van der Waals surface area (Å²) in [5, 5.41) is 9.29. The summed E-state index contributed by atoms with van der Waals surface area (Å²) in [6.45, 7) is 2.69. The molecule has 1 heterocycles. The summed E-state index contributed by atoms with van der Waals surface area (Å²) < 4.78 is 11.2. The van der Waals surface area contributed by atoms with E-state index in [0.29, 0.717) is 25.8 Å². The highest BCUT2D eigenvalue weighted by molar-refractivity contribution is 5.70. The van der Waals surface area contributed by atoms with Gasteiger partial charge >= 0.3 is 6.09 Å². The maximum absolute atomic E-state index is 12.9. The van der Waals surface area contributed by atoms with Crippen LogP contribution in [0.2, 0.25) is 0 Å². The molecule has 1 fully saturated rings. The molecule has 0 unspecified atom stereocenters. The minimum absolute atomic E-state index is 0.0814. The molecule has 27 heavy (non-hydrogen) atoms. The number of carbonyl (C=O) groups excluding carboxylic acids is 1. The van der Waals surface area contributed by atoms with Gasteiger partial charge in [0.2, 0.25) is 0 Å². The molecule has 0 spiro atoms. The molecule has 3 rings (SSSR count). The molecule has 1 aliphatic rings. The lowest BCUT2D eigenvalue weighted by molar-refractivity contribution is -0.0680. The zero-order valence-electron chi connectivity index (χ0n) is 15.9. The van der Waals surface area contributed by atoms with Gasteiger partial charge in [-0.15, -0.1) is 0 Å². The standard InChI is InChI=1S/C22H27NO4/c1-17(18-9-11-20(26-2)12-10-18)23-15-14-22(13-6-16-24,27-21(23)25)19-7-4-3-5-8-19/h3-5,7-12,17,24H,6,13-16H2,1-2H3/t17-,22+/m0/s1. The lowest BCUT2D eigenvalue weighted by atomic mass is 9.84. The molecule has 0 saturated carbocycles. The van der Waals surface area contributed by atoms with E-state index in [4.69, 9.17) is 9.47 Å². The number of nitrogens with zero attached hydrogens (tertiary/aromatic N) is 1. The fourth-order valence-corrected chi connectivity index (χ4v) is 3.71. The van der Waals surface area contributed by atoms with Crippen LogP contribution < -0.4 is 4.74 Å². The van der Waals surface area contributed by atoms with Gasteiger partial charge in [0, 0.05) is 19.6 Å². The molecule has 0 aromatic heterocycles. The maximum Gasteiger partial charge on any atom is 0.411 e. The molecule has 1 N–H and O–H groups in total. The predicted octanol–water partition coefficient (Wildman–Crippen LogP) is 4.27. The fraction of sp³-hybridized carbons (Fsp3) is 0.409. The summed E-state index contributed by atoms with van der Waals surface area (Å²) >= 11 is 0. The number of rotatable bonds is 7. The van der Waals surface area contributed by atoms with Crippen LogP contribution in [0.15, 0.2) is 54.6 Å². The summed E-state index contributed by atoms with van der Waals surface area (Å²) in [6.07, 6.45) is 1.59. The van der Waals surface area contributed by atoms with Gasteiger partial charge in [-0.3, -0.25) is 0 Å². The first-order valence-electron chi connectivity index (χ1n) is 9.39. The zero-order chi connectivity index (χ0) is 19.3. The third-order valence-corrected chi connectivity index (χ3v) is 5.38. The van der Waals surface area contributed by atoms with E-state index in [2.05, 4.69) is 0 Å². The minimum atomic E-state index is -0.669. The van der Waals surface area contributed by atoms with Crippen LogP contribution in [0.5, 0.6) is 5.75 Å². The highest BCUT2D eigenvalue weighted by atomic mass is 16.6. The van der Waals surface area contributed by atoms with Gasteiger partial charge in [0.25, 0.3) is 0 Å². The van der Waals surface area contributed by atoms with Gasteiger partial charge in [-0.2, -0.15) is 0 Å². The molecule has 2 aromatic rings. The highest BCUT2D eigenvalue weighted by Crippen LogP contribution is 2.40. The Bertz CT molecular complexity index is 747. The molecule has 2 atom stereocenters. The third-order valence-electron chi connectivity index (χ3n) is 5.38. The molecule has 0 bridgehead atoms. The maximum atomic E-state index is 12.9. The van der Waals surface area contributed by atoms with Gasteiger partial charge in [0.15, 0.2) is 0 Å². The molecular weight excluding hydrogens is 342 g/mol. The van der Waals surface area contributed by atoms with Crippen molar-refractivity contribution in [3.8, 4) is 5.75 Å². The number of carbonyl (C=O) groups is 1. The molecule has 0 aliphatic carbocycles. The Hall–Kier alpha value is -2.53. The number of cyclic esters (lactones) is 1. The first-order chi connectivity index (χ1) is 13.1. The van der Waals surface area contributed by atoms with Crippen molar-refractivity contribution in [2.45, 2.75) is 37.8 Å². The van der Waals surface area contributed by atoms with Crippen LogP contribution in [-0.4, -0.2) is 36.4 Å². The number of aliphatic hydroxyl groups excluding tert-OH is 1. The molecule has 1 amide bonds. The average molecular weight is 369 g/mol. The first-order valence-corrected chi connectivity index (χ1v) is 9.39. The van der Waals surface area contributed by atoms with Crippen molar-refractivity contribution in [1.29, 1.82) is 0 Å². The van der Waals surface area contributed by atoms with E-state index in [1.165, 1.54) is 0 Å². The van der Waals surface area contributed by atoms with Crippen molar-refractivity contribution in [3.05, 3.63) is 65.7 Å². The van der Waals surface area contributed by atoms with Crippen LogP contribution in [0.1, 0.15) is 43.4 Å². The van der Waals surface area contributed by atoms with Crippen molar-refractivity contribution in [2.24, 2.45) is 0 Å². The summed E-state index contributed by atoms with van der Waals surface area (Å²) in [5.74, 6) is 0.791. The molecule has 1 aliphatic heterocycles. The van der Waals surface area contributed by atoms with Crippen molar-refractivity contribution >= 4 is 6.09 Å². The van der Waals surface area contributed by atoms with E-state index in [0.717, 1.165) is 16.9 Å². The van der Waals surface area contributed by atoms with Gasteiger partial charge in [0.1, 0.15) is 11.4 Å². The number of benzene rings is 2. The second-order valence-electron chi connectivity index (χ2n) is 6.95. The number of hydrogen-bond donors (Lipinski definition) is 1. The number of methoxy groups -OCH3 is 1. The smallest absolute Gasteiger partial charge is 0.411 e.